The van der Waals surface area contributed by atoms with Crippen LogP contribution >= 0.6 is 0 Å². The Labute approximate surface area is 151 Å². The number of carbonyl (C=O) groups is 2. The second kappa shape index (κ2) is 6.52. The summed E-state index contributed by atoms with van der Waals surface area (Å²) >= 11 is 0. The summed E-state index contributed by atoms with van der Waals surface area (Å²) in [5, 5.41) is 4.74. The van der Waals surface area contributed by atoms with Crippen molar-refractivity contribution in [2.75, 3.05) is 23.4 Å². The smallest absolute Gasteiger partial charge is 0.259 e. The molecule has 0 unspecified atom stereocenters. The molecule has 0 aromatic heterocycles. The van der Waals surface area contributed by atoms with E-state index in [0.717, 1.165) is 16.5 Å². The number of amides is 2. The third-order valence-corrected chi connectivity index (χ3v) is 4.38. The molecule has 0 saturated heterocycles. The molecule has 0 saturated carbocycles. The van der Waals surface area contributed by atoms with E-state index in [-0.39, 0.29) is 18.4 Å². The number of nitrogens with one attached hydrogen (secondary N) is 1. The lowest BCUT2D eigenvalue weighted by Gasteiger charge is -2.17. The van der Waals surface area contributed by atoms with Gasteiger partial charge in [0.2, 0.25) is 5.91 Å². The average Bonchev–Trinajstić information content (AvgIpc) is 2.90. The molecule has 130 valence electrons. The molecule has 2 amide bonds. The van der Waals surface area contributed by atoms with E-state index in [1.165, 1.54) is 4.90 Å². The minimum atomic E-state index is -0.253. The summed E-state index contributed by atoms with van der Waals surface area (Å²) in [6.45, 7) is 2.43. The number of benzene rings is 3. The summed E-state index contributed by atoms with van der Waals surface area (Å²) in [5.74, 6) is 0.298. The van der Waals surface area contributed by atoms with Crippen LogP contribution in [0.1, 0.15) is 17.3 Å². The highest BCUT2D eigenvalue weighted by Crippen LogP contribution is 2.36. The third kappa shape index (κ3) is 2.77. The molecule has 3 aromatic carbocycles. The van der Waals surface area contributed by atoms with Crippen LogP contribution in [0.2, 0.25) is 0 Å². The molecule has 1 N–H and O–H groups in total. The quantitative estimate of drug-likeness (QED) is 0.764. The summed E-state index contributed by atoms with van der Waals surface area (Å²) in [7, 11) is 0. The molecule has 26 heavy (non-hydrogen) atoms. The molecule has 0 fully saturated rings. The molecule has 1 aliphatic heterocycles. The van der Waals surface area contributed by atoms with E-state index in [1.807, 2.05) is 49.4 Å². The Morgan fingerprint density at radius 1 is 1.08 bits per heavy atom. The number of anilines is 2. The number of nitrogens with zero attached hydrogens (tertiary/aromatic N) is 1. The van der Waals surface area contributed by atoms with Gasteiger partial charge in [0.25, 0.3) is 5.91 Å². The van der Waals surface area contributed by atoms with E-state index in [4.69, 9.17) is 4.74 Å². The van der Waals surface area contributed by atoms with Crippen LogP contribution in [0.5, 0.6) is 5.75 Å². The fourth-order valence-corrected chi connectivity index (χ4v) is 3.31. The first-order valence-corrected chi connectivity index (χ1v) is 8.53. The van der Waals surface area contributed by atoms with Crippen molar-refractivity contribution in [2.45, 2.75) is 6.92 Å². The molecule has 5 heteroatoms. The molecule has 1 heterocycles. The number of ether oxygens (including phenoxy) is 1. The van der Waals surface area contributed by atoms with Crippen molar-refractivity contribution in [3.63, 3.8) is 0 Å². The molecule has 0 spiro atoms. The number of hydrogen-bond acceptors (Lipinski definition) is 3. The molecule has 0 radical (unpaired) electrons. The minimum absolute atomic E-state index is 0.0362. The fraction of sp³-hybridized carbons (Fsp3) is 0.143. The topological polar surface area (TPSA) is 58.6 Å². The Bertz CT molecular complexity index is 1010. The van der Waals surface area contributed by atoms with Crippen molar-refractivity contribution in [1.29, 1.82) is 0 Å². The summed E-state index contributed by atoms with van der Waals surface area (Å²) in [5.41, 5.74) is 2.06. The fourth-order valence-electron chi connectivity index (χ4n) is 3.31. The van der Waals surface area contributed by atoms with Crippen molar-refractivity contribution in [3.05, 3.63) is 66.2 Å². The van der Waals surface area contributed by atoms with Crippen LogP contribution in [0.3, 0.4) is 0 Å². The molecule has 0 atom stereocenters. The van der Waals surface area contributed by atoms with Crippen LogP contribution in [0.15, 0.2) is 60.7 Å². The Hall–Kier alpha value is -3.34. The van der Waals surface area contributed by atoms with Crippen LogP contribution < -0.4 is 15.0 Å². The first kappa shape index (κ1) is 16.1. The monoisotopic (exact) mass is 346 g/mol. The Kier molecular flexibility index (Phi) is 4.05. The lowest BCUT2D eigenvalue weighted by molar-refractivity contribution is -0.114. The maximum absolute atomic E-state index is 12.7. The van der Waals surface area contributed by atoms with Crippen molar-refractivity contribution in [1.82, 2.24) is 0 Å². The molecule has 1 aliphatic rings. The largest absolute Gasteiger partial charge is 0.494 e. The zero-order valence-corrected chi connectivity index (χ0v) is 14.4. The van der Waals surface area contributed by atoms with E-state index >= 15 is 0 Å². The van der Waals surface area contributed by atoms with Gasteiger partial charge in [-0.15, -0.1) is 0 Å². The minimum Gasteiger partial charge on any atom is -0.494 e. The van der Waals surface area contributed by atoms with Gasteiger partial charge in [-0.25, -0.2) is 0 Å². The van der Waals surface area contributed by atoms with E-state index in [9.17, 15) is 9.59 Å². The van der Waals surface area contributed by atoms with Gasteiger partial charge in [0.05, 0.1) is 12.3 Å². The number of carbonyl (C=O) groups excluding carboxylic acids is 2. The summed E-state index contributed by atoms with van der Waals surface area (Å²) in [6.07, 6.45) is 0. The molecule has 5 nitrogen and oxygen atoms in total. The zero-order valence-electron chi connectivity index (χ0n) is 14.4. The first-order valence-electron chi connectivity index (χ1n) is 8.53. The van der Waals surface area contributed by atoms with Gasteiger partial charge in [-0.2, -0.15) is 0 Å². The lowest BCUT2D eigenvalue weighted by atomic mass is 10.1. The molecular formula is C21H18N2O3. The Morgan fingerprint density at radius 2 is 1.85 bits per heavy atom. The van der Waals surface area contributed by atoms with Gasteiger partial charge in [0, 0.05) is 22.7 Å². The third-order valence-electron chi connectivity index (χ3n) is 4.38. The summed E-state index contributed by atoms with van der Waals surface area (Å²) in [4.78, 5) is 26.8. The predicted octanol–water partition coefficient (Wildman–Crippen LogP) is 3.84. The van der Waals surface area contributed by atoms with Crippen molar-refractivity contribution in [3.8, 4) is 5.75 Å². The SMILES string of the molecule is CCOc1cccc(NC(=O)CN2C(=O)c3cccc4cccc2c34)c1. The maximum atomic E-state index is 12.7. The number of rotatable bonds is 5. The van der Waals surface area contributed by atoms with Gasteiger partial charge in [-0.05, 0) is 36.6 Å². The normalized spacial score (nSPS) is 12.5. The van der Waals surface area contributed by atoms with Crippen LogP contribution in [-0.4, -0.2) is 25.0 Å². The van der Waals surface area contributed by atoms with E-state index in [2.05, 4.69) is 5.32 Å². The van der Waals surface area contributed by atoms with Crippen LogP contribution in [0.4, 0.5) is 11.4 Å². The van der Waals surface area contributed by atoms with Crippen molar-refractivity contribution < 1.29 is 14.3 Å². The van der Waals surface area contributed by atoms with Crippen molar-refractivity contribution >= 4 is 34.0 Å². The van der Waals surface area contributed by atoms with Crippen LogP contribution in [-0.2, 0) is 4.79 Å². The molecule has 4 rings (SSSR count). The Balaban J connectivity index is 1.55. The van der Waals surface area contributed by atoms with Crippen molar-refractivity contribution in [2.24, 2.45) is 0 Å². The summed E-state index contributed by atoms with van der Waals surface area (Å²) in [6, 6.07) is 18.6. The second-order valence-corrected chi connectivity index (χ2v) is 6.08. The zero-order chi connectivity index (χ0) is 18.1. The van der Waals surface area contributed by atoms with E-state index in [1.54, 1.807) is 18.2 Å². The first-order chi connectivity index (χ1) is 12.7. The highest BCUT2D eigenvalue weighted by atomic mass is 16.5. The lowest BCUT2D eigenvalue weighted by Crippen LogP contribution is -2.35. The molecule has 0 aliphatic carbocycles. The molecule has 0 bridgehead atoms. The van der Waals surface area contributed by atoms with Gasteiger partial charge in [0.15, 0.2) is 0 Å². The highest BCUT2D eigenvalue weighted by Gasteiger charge is 2.30. The maximum Gasteiger partial charge on any atom is 0.259 e. The van der Waals surface area contributed by atoms with E-state index < -0.39 is 0 Å². The highest BCUT2D eigenvalue weighted by molar-refractivity contribution is 6.26. The summed E-state index contributed by atoms with van der Waals surface area (Å²) < 4.78 is 5.44. The number of hydrogen-bond donors (Lipinski definition) is 1. The van der Waals surface area contributed by atoms with Gasteiger partial charge in [-0.1, -0.05) is 30.3 Å². The molecular weight excluding hydrogens is 328 g/mol. The predicted molar refractivity (Wildman–Crippen MR) is 102 cm³/mol. The second-order valence-electron chi connectivity index (χ2n) is 6.08. The van der Waals surface area contributed by atoms with Gasteiger partial charge in [-0.3, -0.25) is 14.5 Å². The van der Waals surface area contributed by atoms with Crippen LogP contribution in [0.25, 0.3) is 10.8 Å². The molecule has 3 aromatic rings. The van der Waals surface area contributed by atoms with Gasteiger partial charge < -0.3 is 10.1 Å². The van der Waals surface area contributed by atoms with Crippen LogP contribution in [0, 0.1) is 0 Å². The van der Waals surface area contributed by atoms with Gasteiger partial charge >= 0.3 is 0 Å². The Morgan fingerprint density at radius 3 is 2.65 bits per heavy atom. The van der Waals surface area contributed by atoms with Gasteiger partial charge in [0.1, 0.15) is 12.3 Å². The average molecular weight is 346 g/mol. The standard InChI is InChI=1S/C21H18N2O3/c1-2-26-16-9-5-8-15(12-16)22-19(24)13-23-18-11-4-7-14-6-3-10-17(20(14)18)21(23)25/h3-12H,2,13H2,1H3,(H,22,24). The van der Waals surface area contributed by atoms with E-state index in [0.29, 0.717) is 23.6 Å².